The van der Waals surface area contributed by atoms with Gasteiger partial charge in [0, 0.05) is 10.2 Å². The number of rotatable bonds is 4. The molecule has 2 heterocycles. The Bertz CT molecular complexity index is 1450. The Morgan fingerprint density at radius 3 is 2.55 bits per heavy atom. The van der Waals surface area contributed by atoms with Crippen molar-refractivity contribution in [1.82, 2.24) is 9.13 Å². The molecule has 31 heavy (non-hydrogen) atoms. The van der Waals surface area contributed by atoms with Crippen molar-refractivity contribution in [2.45, 2.75) is 27.3 Å². The van der Waals surface area contributed by atoms with Crippen LogP contribution in [-0.4, -0.2) is 15.0 Å². The van der Waals surface area contributed by atoms with Crippen molar-refractivity contribution in [1.29, 1.82) is 0 Å². The van der Waals surface area contributed by atoms with E-state index in [1.54, 1.807) is 17.5 Å². The molecule has 0 saturated carbocycles. The second kappa shape index (κ2) is 8.28. The first-order valence-corrected chi connectivity index (χ1v) is 11.3. The normalized spacial score (nSPS) is 11.1. The summed E-state index contributed by atoms with van der Waals surface area (Å²) in [6.07, 6.45) is 0. The molecular weight excluding hydrogens is 478 g/mol. The Kier molecular flexibility index (Phi) is 5.68. The zero-order valence-electron chi connectivity index (χ0n) is 17.2. The monoisotopic (exact) mass is 497 g/mol. The molecule has 1 amide bonds. The number of thiophene rings is 1. The highest BCUT2D eigenvalue weighted by Gasteiger charge is 2.18. The minimum atomic E-state index is -0.535. The maximum absolute atomic E-state index is 13.4. The van der Waals surface area contributed by atoms with Crippen molar-refractivity contribution in [2.75, 3.05) is 5.32 Å². The molecule has 6 nitrogen and oxygen atoms in total. The number of nitrogens with one attached hydrogen (secondary N) is 1. The maximum atomic E-state index is 13.4. The van der Waals surface area contributed by atoms with Crippen LogP contribution in [0.1, 0.15) is 16.7 Å². The third kappa shape index (κ3) is 4.00. The van der Waals surface area contributed by atoms with Gasteiger partial charge < -0.3 is 5.32 Å². The van der Waals surface area contributed by atoms with Crippen molar-refractivity contribution < 1.29 is 4.79 Å². The standard InChI is InChI=1S/C23H20BrN3O3S/c1-13-4-5-14(2)19(10-13)27-22(29)21-18(8-9-31-21)26(23(27)30)12-20(28)25-16-6-7-17(24)15(3)11-16/h4-11H,12H2,1-3H3,(H,25,28). The Hall–Kier alpha value is -2.97. The SMILES string of the molecule is Cc1ccc(C)c(-n2c(=O)c3sccc3n(CC(=O)Nc3ccc(Br)c(C)c3)c2=O)c1. The molecule has 1 N–H and O–H groups in total. The van der Waals surface area contributed by atoms with E-state index in [0.717, 1.165) is 25.7 Å². The van der Waals surface area contributed by atoms with Crippen molar-refractivity contribution in [2.24, 2.45) is 0 Å². The van der Waals surface area contributed by atoms with Crippen LogP contribution in [0, 0.1) is 20.8 Å². The number of aryl methyl sites for hydroxylation is 3. The van der Waals surface area contributed by atoms with E-state index in [1.807, 2.05) is 51.1 Å². The highest BCUT2D eigenvalue weighted by Crippen LogP contribution is 2.21. The average molecular weight is 498 g/mol. The van der Waals surface area contributed by atoms with E-state index in [1.165, 1.54) is 15.9 Å². The summed E-state index contributed by atoms with van der Waals surface area (Å²) in [5, 5.41) is 4.59. The van der Waals surface area contributed by atoms with Crippen LogP contribution >= 0.6 is 27.3 Å². The summed E-state index contributed by atoms with van der Waals surface area (Å²) in [5.41, 5.74) is 3.46. The van der Waals surface area contributed by atoms with Gasteiger partial charge in [0.25, 0.3) is 5.56 Å². The molecule has 8 heteroatoms. The van der Waals surface area contributed by atoms with Crippen LogP contribution in [-0.2, 0) is 11.3 Å². The predicted molar refractivity (Wildman–Crippen MR) is 129 cm³/mol. The zero-order chi connectivity index (χ0) is 22.3. The second-order valence-electron chi connectivity index (χ2n) is 7.45. The molecule has 0 spiro atoms. The molecule has 2 aromatic carbocycles. The first-order chi connectivity index (χ1) is 14.8. The lowest BCUT2D eigenvalue weighted by atomic mass is 10.1. The Morgan fingerprint density at radius 2 is 1.81 bits per heavy atom. The lowest BCUT2D eigenvalue weighted by Gasteiger charge is -2.14. The molecular formula is C23H20BrN3O3S. The number of hydrogen-bond acceptors (Lipinski definition) is 4. The van der Waals surface area contributed by atoms with Crippen LogP contribution in [0.15, 0.2) is 61.9 Å². The van der Waals surface area contributed by atoms with Crippen LogP contribution in [0.3, 0.4) is 0 Å². The van der Waals surface area contributed by atoms with Gasteiger partial charge in [-0.25, -0.2) is 9.36 Å². The van der Waals surface area contributed by atoms with Crippen LogP contribution in [0.2, 0.25) is 0 Å². The number of amides is 1. The number of fused-ring (bicyclic) bond motifs is 1. The molecule has 0 fully saturated rings. The number of carbonyl (C=O) groups is 1. The van der Waals surface area contributed by atoms with E-state index in [9.17, 15) is 14.4 Å². The van der Waals surface area contributed by atoms with Crippen LogP contribution < -0.4 is 16.6 Å². The predicted octanol–water partition coefficient (Wildman–Crippen LogP) is 4.54. The molecule has 0 aliphatic heterocycles. The number of halogens is 1. The Labute approximate surface area is 190 Å². The molecule has 0 radical (unpaired) electrons. The molecule has 0 unspecified atom stereocenters. The van der Waals surface area contributed by atoms with Gasteiger partial charge in [-0.05, 0) is 73.2 Å². The smallest absolute Gasteiger partial charge is 0.325 e. The molecule has 0 atom stereocenters. The Morgan fingerprint density at radius 1 is 1.03 bits per heavy atom. The number of anilines is 1. The third-order valence-corrected chi connectivity index (χ3v) is 6.89. The lowest BCUT2D eigenvalue weighted by molar-refractivity contribution is -0.116. The fourth-order valence-corrected chi connectivity index (χ4v) is 4.55. The van der Waals surface area contributed by atoms with Gasteiger partial charge in [-0.3, -0.25) is 14.2 Å². The number of benzene rings is 2. The van der Waals surface area contributed by atoms with Gasteiger partial charge >= 0.3 is 5.69 Å². The first-order valence-electron chi connectivity index (χ1n) is 9.63. The lowest BCUT2D eigenvalue weighted by Crippen LogP contribution is -2.40. The van der Waals surface area contributed by atoms with Gasteiger partial charge in [-0.1, -0.05) is 28.1 Å². The van der Waals surface area contributed by atoms with Crippen LogP contribution in [0.4, 0.5) is 5.69 Å². The molecule has 4 aromatic rings. The van der Waals surface area contributed by atoms with Gasteiger partial charge in [0.15, 0.2) is 0 Å². The number of aromatic nitrogens is 2. The molecule has 0 aliphatic rings. The topological polar surface area (TPSA) is 73.1 Å². The summed E-state index contributed by atoms with van der Waals surface area (Å²) < 4.78 is 3.91. The maximum Gasteiger partial charge on any atom is 0.336 e. The molecule has 0 bridgehead atoms. The average Bonchev–Trinajstić information content (AvgIpc) is 3.21. The van der Waals surface area contributed by atoms with Crippen molar-refractivity contribution in [3.63, 3.8) is 0 Å². The minimum Gasteiger partial charge on any atom is -0.325 e. The molecule has 4 rings (SSSR count). The quantitative estimate of drug-likeness (QED) is 0.449. The molecule has 158 valence electrons. The van der Waals surface area contributed by atoms with Gasteiger partial charge in [-0.15, -0.1) is 11.3 Å². The van der Waals surface area contributed by atoms with E-state index in [4.69, 9.17) is 0 Å². The number of carbonyl (C=O) groups excluding carboxylic acids is 1. The summed E-state index contributed by atoms with van der Waals surface area (Å²) >= 11 is 4.70. The minimum absolute atomic E-state index is 0.202. The van der Waals surface area contributed by atoms with Crippen molar-refractivity contribution >= 4 is 49.1 Å². The number of nitrogens with zero attached hydrogens (tertiary/aromatic N) is 2. The molecule has 2 aromatic heterocycles. The van der Waals surface area contributed by atoms with Crippen molar-refractivity contribution in [3.05, 3.63) is 89.8 Å². The summed E-state index contributed by atoms with van der Waals surface area (Å²) in [7, 11) is 0. The van der Waals surface area contributed by atoms with E-state index in [-0.39, 0.29) is 18.0 Å². The zero-order valence-corrected chi connectivity index (χ0v) is 19.6. The second-order valence-corrected chi connectivity index (χ2v) is 9.22. The highest BCUT2D eigenvalue weighted by molar-refractivity contribution is 9.10. The van der Waals surface area contributed by atoms with E-state index in [2.05, 4.69) is 21.2 Å². The fourth-order valence-electron chi connectivity index (χ4n) is 3.48. The largest absolute Gasteiger partial charge is 0.336 e. The van der Waals surface area contributed by atoms with Crippen molar-refractivity contribution in [3.8, 4) is 5.69 Å². The van der Waals surface area contributed by atoms with Gasteiger partial charge in [0.2, 0.25) is 5.91 Å². The summed E-state index contributed by atoms with van der Waals surface area (Å²) in [6.45, 7) is 5.49. The summed E-state index contributed by atoms with van der Waals surface area (Å²) in [5.74, 6) is -0.345. The fraction of sp³-hybridized carbons (Fsp3) is 0.174. The van der Waals surface area contributed by atoms with E-state index < -0.39 is 5.69 Å². The Balaban J connectivity index is 1.81. The van der Waals surface area contributed by atoms with Gasteiger partial charge in [-0.2, -0.15) is 0 Å². The molecule has 0 aliphatic carbocycles. The first kappa shape index (κ1) is 21.3. The molecule has 0 saturated heterocycles. The van der Waals surface area contributed by atoms with Crippen LogP contribution in [0.25, 0.3) is 15.9 Å². The third-order valence-electron chi connectivity index (χ3n) is 5.10. The summed E-state index contributed by atoms with van der Waals surface area (Å²) in [4.78, 5) is 39.3. The van der Waals surface area contributed by atoms with E-state index in [0.29, 0.717) is 21.6 Å². The van der Waals surface area contributed by atoms with Gasteiger partial charge in [0.1, 0.15) is 11.2 Å². The number of hydrogen-bond donors (Lipinski definition) is 1. The van der Waals surface area contributed by atoms with Gasteiger partial charge in [0.05, 0.1) is 11.2 Å². The van der Waals surface area contributed by atoms with E-state index >= 15 is 0 Å². The van der Waals surface area contributed by atoms with Crippen LogP contribution in [0.5, 0.6) is 0 Å². The summed E-state index contributed by atoms with van der Waals surface area (Å²) in [6, 6.07) is 12.8. The highest BCUT2D eigenvalue weighted by atomic mass is 79.9.